The summed E-state index contributed by atoms with van der Waals surface area (Å²) >= 11 is 0. The Bertz CT molecular complexity index is 3400. The summed E-state index contributed by atoms with van der Waals surface area (Å²) < 4.78 is 11.9. The van der Waals surface area contributed by atoms with Crippen molar-refractivity contribution in [2.24, 2.45) is 0 Å². The van der Waals surface area contributed by atoms with Gasteiger partial charge in [0.05, 0.1) is 10.8 Å². The van der Waals surface area contributed by atoms with Gasteiger partial charge in [0, 0.05) is 0 Å². The quantitative estimate of drug-likeness (QED) is 0.127. The zero-order chi connectivity index (χ0) is 46.4. The Kier molecular flexibility index (Phi) is 10.5. The van der Waals surface area contributed by atoms with Gasteiger partial charge in [0.1, 0.15) is 24.7 Å². The van der Waals surface area contributed by atoms with Gasteiger partial charge >= 0.3 is 0 Å². The average Bonchev–Trinajstić information content (AvgIpc) is 3.88. The Labute approximate surface area is 404 Å². The molecule has 2 nitrogen and oxygen atoms in total. The van der Waals surface area contributed by atoms with E-state index in [2.05, 4.69) is 242 Å². The number of hydrogen-bond donors (Lipinski definition) is 0. The molecular formula is C67H48O2. The van der Waals surface area contributed by atoms with Crippen LogP contribution < -0.4 is 9.47 Å². The zero-order valence-corrected chi connectivity index (χ0v) is 38.7. The number of ether oxygens (including phenoxy) is 2. The van der Waals surface area contributed by atoms with Crippen LogP contribution in [0.1, 0.15) is 69.5 Å². The molecule has 12 rings (SSSR count). The third-order valence-corrected chi connectivity index (χ3v) is 14.6. The van der Waals surface area contributed by atoms with Gasteiger partial charge in [-0.2, -0.15) is 0 Å². The largest absolute Gasteiger partial charge is 0.481 e. The number of benzene rings is 10. The molecule has 328 valence electrons. The summed E-state index contributed by atoms with van der Waals surface area (Å²) in [7, 11) is 0. The van der Waals surface area contributed by atoms with Crippen molar-refractivity contribution in [2.75, 3.05) is 13.2 Å². The summed E-state index contributed by atoms with van der Waals surface area (Å²) in [6.07, 6.45) is 0.815. The molecule has 2 aliphatic rings. The molecule has 0 fully saturated rings. The van der Waals surface area contributed by atoms with E-state index in [1.807, 2.05) is 13.8 Å². The Morgan fingerprint density at radius 1 is 0.333 bits per heavy atom. The second-order valence-electron chi connectivity index (χ2n) is 18.1. The van der Waals surface area contributed by atoms with Crippen LogP contribution in [0, 0.1) is 23.7 Å². The van der Waals surface area contributed by atoms with E-state index in [1.165, 1.54) is 88.7 Å². The highest BCUT2D eigenvalue weighted by atomic mass is 16.5. The lowest BCUT2D eigenvalue weighted by Crippen LogP contribution is -2.28. The van der Waals surface area contributed by atoms with E-state index in [4.69, 9.17) is 9.47 Å². The minimum atomic E-state index is -0.502. The normalized spacial score (nSPS) is 13.2. The molecule has 0 atom stereocenters. The molecule has 10 aromatic carbocycles. The monoisotopic (exact) mass is 884 g/mol. The molecule has 69 heavy (non-hydrogen) atoms. The van der Waals surface area contributed by atoms with Crippen molar-refractivity contribution < 1.29 is 9.47 Å². The SMILES string of the molecule is CC#CCOc1ccc2cc(C3(c4ccc(Cc5ccc(C6(c7ccc8cc(OCC#CC)ccc8c7)c7ccccc7-c7ccccc76)cc5)cc4)c4ccccc4-c4ccccc43)ccc2c1. The molecule has 0 radical (unpaired) electrons. The molecule has 0 N–H and O–H groups in total. The summed E-state index contributed by atoms with van der Waals surface area (Å²) in [6.45, 7) is 4.43. The van der Waals surface area contributed by atoms with Crippen LogP contribution >= 0.6 is 0 Å². The van der Waals surface area contributed by atoms with E-state index in [0.29, 0.717) is 13.2 Å². The molecule has 0 aromatic heterocycles. The lowest BCUT2D eigenvalue weighted by Gasteiger charge is -2.34. The van der Waals surface area contributed by atoms with Crippen molar-refractivity contribution in [3.63, 3.8) is 0 Å². The van der Waals surface area contributed by atoms with Crippen LogP contribution in [0.5, 0.6) is 11.5 Å². The van der Waals surface area contributed by atoms with Crippen molar-refractivity contribution in [3.8, 4) is 57.4 Å². The van der Waals surface area contributed by atoms with Gasteiger partial charge in [-0.15, -0.1) is 11.8 Å². The molecule has 0 spiro atoms. The van der Waals surface area contributed by atoms with Crippen LogP contribution in [0.25, 0.3) is 43.8 Å². The summed E-state index contributed by atoms with van der Waals surface area (Å²) in [4.78, 5) is 0. The van der Waals surface area contributed by atoms with Crippen LogP contribution in [0.2, 0.25) is 0 Å². The maximum atomic E-state index is 5.94. The molecule has 0 unspecified atom stereocenters. The van der Waals surface area contributed by atoms with E-state index in [1.54, 1.807) is 0 Å². The fourth-order valence-electron chi connectivity index (χ4n) is 11.5. The van der Waals surface area contributed by atoms with Gasteiger partial charge in [0.25, 0.3) is 0 Å². The lowest BCUT2D eigenvalue weighted by atomic mass is 9.67. The summed E-state index contributed by atoms with van der Waals surface area (Å²) in [5.41, 5.74) is 16.9. The topological polar surface area (TPSA) is 18.5 Å². The van der Waals surface area contributed by atoms with Crippen molar-refractivity contribution in [2.45, 2.75) is 31.1 Å². The number of rotatable bonds is 10. The number of fused-ring (bicyclic) bond motifs is 8. The summed E-state index contributed by atoms with van der Waals surface area (Å²) in [5.74, 6) is 13.5. The first-order valence-corrected chi connectivity index (χ1v) is 23.8. The molecule has 0 heterocycles. The van der Waals surface area contributed by atoms with E-state index in [-0.39, 0.29) is 0 Å². The predicted molar refractivity (Wildman–Crippen MR) is 283 cm³/mol. The van der Waals surface area contributed by atoms with E-state index >= 15 is 0 Å². The smallest absolute Gasteiger partial charge is 0.149 e. The fraction of sp³-hybridized carbons (Fsp3) is 0.104. The van der Waals surface area contributed by atoms with Crippen LogP contribution in [-0.4, -0.2) is 13.2 Å². The van der Waals surface area contributed by atoms with E-state index in [9.17, 15) is 0 Å². The fourth-order valence-corrected chi connectivity index (χ4v) is 11.5. The average molecular weight is 885 g/mol. The Hall–Kier alpha value is -8.56. The van der Waals surface area contributed by atoms with E-state index < -0.39 is 10.8 Å². The molecule has 2 aliphatic carbocycles. The van der Waals surface area contributed by atoms with Gasteiger partial charge in [0.2, 0.25) is 0 Å². The van der Waals surface area contributed by atoms with Crippen molar-refractivity contribution in [3.05, 3.63) is 274 Å². The molecule has 0 bridgehead atoms. The molecule has 0 aliphatic heterocycles. The second kappa shape index (κ2) is 17.3. The first kappa shape index (κ1) is 41.8. The zero-order valence-electron chi connectivity index (χ0n) is 38.7. The minimum absolute atomic E-state index is 0.378. The third-order valence-electron chi connectivity index (χ3n) is 14.6. The minimum Gasteiger partial charge on any atom is -0.481 e. The molecule has 10 aromatic rings. The Morgan fingerprint density at radius 2 is 0.652 bits per heavy atom. The lowest BCUT2D eigenvalue weighted by molar-refractivity contribution is 0.370. The summed E-state index contributed by atoms with van der Waals surface area (Å²) in [6, 6.07) is 81.2. The van der Waals surface area contributed by atoms with Crippen LogP contribution in [0.3, 0.4) is 0 Å². The molecule has 0 saturated carbocycles. The van der Waals surface area contributed by atoms with Gasteiger partial charge in [-0.3, -0.25) is 0 Å². The highest BCUT2D eigenvalue weighted by Gasteiger charge is 2.47. The van der Waals surface area contributed by atoms with Crippen LogP contribution in [0.15, 0.2) is 218 Å². The molecule has 0 saturated heterocycles. The maximum Gasteiger partial charge on any atom is 0.149 e. The first-order valence-electron chi connectivity index (χ1n) is 23.8. The Morgan fingerprint density at radius 3 is 1.01 bits per heavy atom. The Balaban J connectivity index is 0.914. The molecule has 0 amide bonds. The summed E-state index contributed by atoms with van der Waals surface area (Å²) in [5, 5.41) is 4.63. The van der Waals surface area contributed by atoms with Crippen LogP contribution in [0.4, 0.5) is 0 Å². The van der Waals surface area contributed by atoms with Crippen LogP contribution in [-0.2, 0) is 17.3 Å². The highest BCUT2D eigenvalue weighted by Crippen LogP contribution is 2.58. The van der Waals surface area contributed by atoms with Gasteiger partial charge < -0.3 is 9.47 Å². The predicted octanol–water partition coefficient (Wildman–Crippen LogP) is 15.1. The van der Waals surface area contributed by atoms with Gasteiger partial charge in [-0.25, -0.2) is 0 Å². The first-order chi connectivity index (χ1) is 34.1. The second-order valence-corrected chi connectivity index (χ2v) is 18.1. The van der Waals surface area contributed by atoms with Crippen molar-refractivity contribution in [1.82, 2.24) is 0 Å². The molecule has 2 heteroatoms. The third kappa shape index (κ3) is 6.83. The van der Waals surface area contributed by atoms with Gasteiger partial charge in [-0.05, 0) is 156 Å². The molecular weight excluding hydrogens is 837 g/mol. The van der Waals surface area contributed by atoms with Gasteiger partial charge in [-0.1, -0.05) is 194 Å². The van der Waals surface area contributed by atoms with Crippen molar-refractivity contribution in [1.29, 1.82) is 0 Å². The van der Waals surface area contributed by atoms with Crippen molar-refractivity contribution >= 4 is 21.5 Å². The highest BCUT2D eigenvalue weighted by molar-refractivity contribution is 5.92. The number of hydrogen-bond acceptors (Lipinski definition) is 2. The standard InChI is InChI=1S/C67H48O2/c1-3-5-39-68-56-37-29-48-42-54(35-27-50(48)44-56)66(62-19-11-7-15-58(62)59-16-8-12-20-63(59)66)52-31-23-46(24-32-52)41-47-25-33-53(34-26-47)67(64-21-13-9-17-60(64)61-18-10-14-22-65(61)67)55-36-28-51-45-57(69-40-6-4-2)38-30-49(51)43-55/h7-38,42-45H,39-41H2,1-2H3. The van der Waals surface area contributed by atoms with E-state index in [0.717, 1.165) is 28.7 Å². The maximum absolute atomic E-state index is 5.94. The van der Waals surface area contributed by atoms with Gasteiger partial charge in [0.15, 0.2) is 0 Å².